The monoisotopic (exact) mass is 394 g/mol. The van der Waals surface area contributed by atoms with Gasteiger partial charge in [-0.3, -0.25) is 0 Å². The second-order valence-electron chi connectivity index (χ2n) is 9.56. The lowest BCUT2D eigenvalue weighted by Crippen LogP contribution is -2.21. The summed E-state index contributed by atoms with van der Waals surface area (Å²) < 4.78 is 29.1. The van der Waals surface area contributed by atoms with Gasteiger partial charge in [0.15, 0.2) is 0 Å². The Morgan fingerprint density at radius 1 is 0.655 bits per heavy atom. The second kappa shape index (κ2) is 5.41. The summed E-state index contributed by atoms with van der Waals surface area (Å²) in [4.78, 5) is 0. The third-order valence-corrected chi connectivity index (χ3v) is 7.01. The highest BCUT2D eigenvalue weighted by Crippen LogP contribution is 2.57. The normalized spacial score (nSPS) is 44.3. The number of benzene rings is 2. The minimum atomic E-state index is -0.260. The highest BCUT2D eigenvalue weighted by Gasteiger charge is 2.68. The fourth-order valence-electron chi connectivity index (χ4n) is 4.65. The van der Waals surface area contributed by atoms with Gasteiger partial charge in [-0.2, -0.15) is 0 Å². The molecule has 5 heteroatoms. The molecule has 0 amide bonds. The first-order valence-electron chi connectivity index (χ1n) is 10.3. The number of hydrogen-bond donors (Lipinski definition) is 0. The average molecular weight is 394 g/mol. The summed E-state index contributed by atoms with van der Waals surface area (Å²) in [7, 11) is 0. The summed E-state index contributed by atoms with van der Waals surface area (Å²) in [5.74, 6) is 1.61. The van der Waals surface area contributed by atoms with Crippen LogP contribution in [0.1, 0.15) is 38.8 Å². The van der Waals surface area contributed by atoms with Crippen LogP contribution in [0.15, 0.2) is 48.5 Å². The molecule has 0 aliphatic carbocycles. The van der Waals surface area contributed by atoms with E-state index in [0.717, 1.165) is 35.8 Å². The summed E-state index contributed by atoms with van der Waals surface area (Å²) in [5, 5.41) is 0. The quantitative estimate of drug-likeness (QED) is 0.684. The van der Waals surface area contributed by atoms with Crippen LogP contribution in [0.4, 0.5) is 0 Å². The Morgan fingerprint density at radius 2 is 1.00 bits per heavy atom. The largest absolute Gasteiger partial charge is 0.457 e. The Labute approximate surface area is 170 Å². The van der Waals surface area contributed by atoms with Crippen LogP contribution >= 0.6 is 0 Å². The van der Waals surface area contributed by atoms with E-state index in [4.69, 9.17) is 23.7 Å². The molecule has 4 aliphatic rings. The Kier molecular flexibility index (Phi) is 3.34. The van der Waals surface area contributed by atoms with Gasteiger partial charge in [0, 0.05) is 0 Å². The van der Waals surface area contributed by atoms with E-state index in [0.29, 0.717) is 0 Å². The summed E-state index contributed by atoms with van der Waals surface area (Å²) in [6.07, 6.45) is 0.264. The molecule has 29 heavy (non-hydrogen) atoms. The molecule has 5 nitrogen and oxygen atoms in total. The molecule has 6 unspecified atom stereocenters. The van der Waals surface area contributed by atoms with Gasteiger partial charge < -0.3 is 23.7 Å². The van der Waals surface area contributed by atoms with E-state index in [1.165, 1.54) is 0 Å². The van der Waals surface area contributed by atoms with E-state index >= 15 is 0 Å². The zero-order chi connectivity index (χ0) is 20.1. The van der Waals surface area contributed by atoms with Crippen molar-refractivity contribution in [2.24, 2.45) is 0 Å². The first-order chi connectivity index (χ1) is 13.8. The maximum atomic E-state index is 6.04. The lowest BCUT2D eigenvalue weighted by molar-refractivity contribution is 0.243. The molecule has 6 rings (SSSR count). The molecule has 6 atom stereocenters. The smallest absolute Gasteiger partial charge is 0.127 e. The molecule has 0 N–H and O–H groups in total. The van der Waals surface area contributed by atoms with Crippen LogP contribution in [0.25, 0.3) is 0 Å². The van der Waals surface area contributed by atoms with E-state index in [1.54, 1.807) is 0 Å². The molecule has 0 saturated carbocycles. The van der Waals surface area contributed by atoms with Gasteiger partial charge in [-0.15, -0.1) is 0 Å². The van der Waals surface area contributed by atoms with Crippen LogP contribution in [0.5, 0.6) is 11.5 Å². The van der Waals surface area contributed by atoms with E-state index in [9.17, 15) is 0 Å². The molecule has 2 aromatic rings. The molecular formula is C24H26O5. The summed E-state index contributed by atoms with van der Waals surface area (Å²) >= 11 is 0. The van der Waals surface area contributed by atoms with Gasteiger partial charge in [-0.05, 0) is 63.1 Å². The summed E-state index contributed by atoms with van der Waals surface area (Å²) in [6, 6.07) is 16.3. The maximum Gasteiger partial charge on any atom is 0.127 e. The van der Waals surface area contributed by atoms with E-state index in [1.807, 2.05) is 24.3 Å². The Balaban J connectivity index is 1.12. The first-order valence-corrected chi connectivity index (χ1v) is 10.3. The van der Waals surface area contributed by atoms with Crippen molar-refractivity contribution in [3.8, 4) is 11.5 Å². The zero-order valence-electron chi connectivity index (χ0n) is 17.2. The average Bonchev–Trinajstić information content (AvgIpc) is 3.51. The number of hydrogen-bond acceptors (Lipinski definition) is 5. The van der Waals surface area contributed by atoms with Crippen molar-refractivity contribution in [3.05, 3.63) is 59.7 Å². The lowest BCUT2D eigenvalue weighted by Gasteiger charge is -2.12. The first kappa shape index (κ1) is 17.9. The minimum Gasteiger partial charge on any atom is -0.457 e. The van der Waals surface area contributed by atoms with Crippen molar-refractivity contribution in [2.75, 3.05) is 13.2 Å². The van der Waals surface area contributed by atoms with Gasteiger partial charge in [0.1, 0.15) is 46.1 Å². The van der Waals surface area contributed by atoms with Crippen molar-refractivity contribution in [1.29, 1.82) is 0 Å². The number of rotatable bonds is 6. The van der Waals surface area contributed by atoms with Gasteiger partial charge in [-0.25, -0.2) is 0 Å². The Hall–Kier alpha value is -1.92. The third kappa shape index (κ3) is 2.76. The van der Waals surface area contributed by atoms with E-state index < -0.39 is 0 Å². The molecule has 0 aromatic heterocycles. The highest BCUT2D eigenvalue weighted by molar-refractivity contribution is 5.40. The van der Waals surface area contributed by atoms with E-state index in [2.05, 4.69) is 52.0 Å². The standard InChI is InChI=1S/C24H26O5/c1-21(13-25-21)19-23(3,28-19)15-5-9-17(10-6-15)27-18-11-7-16(8-12-18)24(4)20(29-24)22(2)14-26-22/h5-12,19-20H,13-14H2,1-4H3. The predicted octanol–water partition coefficient (Wildman–Crippen LogP) is 4.28. The molecular weight excluding hydrogens is 368 g/mol. The van der Waals surface area contributed by atoms with Crippen molar-refractivity contribution in [1.82, 2.24) is 0 Å². The number of ether oxygens (including phenoxy) is 5. The fraction of sp³-hybridized carbons (Fsp3) is 0.500. The molecule has 0 spiro atoms. The fourth-order valence-corrected chi connectivity index (χ4v) is 4.65. The van der Waals surface area contributed by atoms with Crippen LogP contribution in [-0.2, 0) is 30.1 Å². The number of epoxide rings is 4. The van der Waals surface area contributed by atoms with E-state index in [-0.39, 0.29) is 34.6 Å². The van der Waals surface area contributed by atoms with Gasteiger partial charge in [-0.1, -0.05) is 24.3 Å². The van der Waals surface area contributed by atoms with Crippen LogP contribution in [0.3, 0.4) is 0 Å². The summed E-state index contributed by atoms with van der Waals surface area (Å²) in [6.45, 7) is 10.0. The van der Waals surface area contributed by atoms with Gasteiger partial charge in [0.2, 0.25) is 0 Å². The minimum absolute atomic E-state index is 0.115. The molecule has 0 radical (unpaired) electrons. The molecule has 152 valence electrons. The topological polar surface area (TPSA) is 59.4 Å². The van der Waals surface area contributed by atoms with Crippen LogP contribution in [-0.4, -0.2) is 36.6 Å². The summed E-state index contributed by atoms with van der Waals surface area (Å²) in [5.41, 5.74) is 1.56. The molecule has 4 fully saturated rings. The van der Waals surface area contributed by atoms with Gasteiger partial charge >= 0.3 is 0 Å². The van der Waals surface area contributed by atoms with Crippen molar-refractivity contribution in [2.45, 2.75) is 62.3 Å². The molecule has 4 aliphatic heterocycles. The molecule has 0 bridgehead atoms. The van der Waals surface area contributed by atoms with Crippen LogP contribution in [0, 0.1) is 0 Å². The Morgan fingerprint density at radius 3 is 1.31 bits per heavy atom. The third-order valence-electron chi connectivity index (χ3n) is 7.01. The van der Waals surface area contributed by atoms with Crippen LogP contribution < -0.4 is 4.74 Å². The van der Waals surface area contributed by atoms with Gasteiger partial charge in [0.25, 0.3) is 0 Å². The van der Waals surface area contributed by atoms with Crippen molar-refractivity contribution < 1.29 is 23.7 Å². The van der Waals surface area contributed by atoms with Crippen molar-refractivity contribution in [3.63, 3.8) is 0 Å². The van der Waals surface area contributed by atoms with Crippen LogP contribution in [0.2, 0.25) is 0 Å². The highest BCUT2D eigenvalue weighted by atomic mass is 16.7. The molecule has 2 aromatic carbocycles. The second-order valence-corrected chi connectivity index (χ2v) is 9.56. The molecule has 4 heterocycles. The lowest BCUT2D eigenvalue weighted by atomic mass is 9.91. The zero-order valence-corrected chi connectivity index (χ0v) is 17.2. The predicted molar refractivity (Wildman–Crippen MR) is 106 cm³/mol. The molecule has 4 saturated heterocycles. The maximum absolute atomic E-state index is 6.04. The SMILES string of the molecule is CC1(C2OC2(C)c2ccc(Oc3ccc(C4(C)OC4C4(C)CO4)cc3)cc2)CO1. The Bertz CT molecular complexity index is 880. The van der Waals surface area contributed by atoms with Crippen molar-refractivity contribution >= 4 is 0 Å². The van der Waals surface area contributed by atoms with Gasteiger partial charge in [0.05, 0.1) is 13.2 Å².